The fourth-order valence-corrected chi connectivity index (χ4v) is 4.32. The molecule has 6 heteroatoms. The van der Waals surface area contributed by atoms with Crippen LogP contribution in [-0.4, -0.2) is 44.1 Å². The van der Waals surface area contributed by atoms with Gasteiger partial charge >= 0.3 is 0 Å². The summed E-state index contributed by atoms with van der Waals surface area (Å²) < 4.78 is 4.35. The Labute approximate surface area is 154 Å². The third kappa shape index (κ3) is 3.15. The number of nitrogens with zero attached hydrogens (tertiary/aromatic N) is 5. The average molecular weight is 352 g/mol. The summed E-state index contributed by atoms with van der Waals surface area (Å²) in [5.74, 6) is 1.67. The minimum atomic E-state index is 0.421. The van der Waals surface area contributed by atoms with Crippen LogP contribution in [0.3, 0.4) is 0 Å². The predicted molar refractivity (Wildman–Crippen MR) is 104 cm³/mol. The van der Waals surface area contributed by atoms with Crippen molar-refractivity contribution in [1.82, 2.24) is 29.3 Å². The van der Waals surface area contributed by atoms with E-state index < -0.39 is 0 Å². The van der Waals surface area contributed by atoms with Crippen LogP contribution in [-0.2, 0) is 20.6 Å². The van der Waals surface area contributed by atoms with E-state index in [-0.39, 0.29) is 0 Å². The standard InChI is InChI=1S/C20H28N6/c1-24-10-6-7-15(20(24)18-12-22-14-25(18)2)11-21-13-19-23-16-8-4-5-9-17(16)26(19)3/h4-5,8-9,12,14-15,20-21H,6-7,10-11,13H2,1-3H3/t15-,20+/m0/s1. The van der Waals surface area contributed by atoms with Crippen molar-refractivity contribution >= 4 is 11.0 Å². The normalized spacial score (nSPS) is 21.5. The van der Waals surface area contributed by atoms with Crippen molar-refractivity contribution in [3.8, 4) is 0 Å². The molecule has 1 aliphatic rings. The molecule has 0 aliphatic carbocycles. The molecular formula is C20H28N6. The first kappa shape index (κ1) is 17.2. The number of nitrogens with one attached hydrogen (secondary N) is 1. The Bertz CT molecular complexity index is 879. The van der Waals surface area contributed by atoms with Gasteiger partial charge in [0, 0.05) is 26.8 Å². The second kappa shape index (κ2) is 7.21. The van der Waals surface area contributed by atoms with Crippen molar-refractivity contribution in [2.24, 2.45) is 20.0 Å². The molecule has 0 amide bonds. The number of likely N-dealkylation sites (tertiary alicyclic amines) is 1. The first-order valence-corrected chi connectivity index (χ1v) is 9.42. The van der Waals surface area contributed by atoms with Gasteiger partial charge in [-0.05, 0) is 44.5 Å². The summed E-state index contributed by atoms with van der Waals surface area (Å²) in [6.45, 7) is 2.93. The molecule has 2 aromatic heterocycles. The van der Waals surface area contributed by atoms with Crippen LogP contribution in [0.15, 0.2) is 36.8 Å². The highest BCUT2D eigenvalue weighted by Gasteiger charge is 2.32. The van der Waals surface area contributed by atoms with Gasteiger partial charge in [0.2, 0.25) is 0 Å². The van der Waals surface area contributed by atoms with Crippen molar-refractivity contribution in [2.45, 2.75) is 25.4 Å². The van der Waals surface area contributed by atoms with Crippen molar-refractivity contribution < 1.29 is 0 Å². The second-order valence-corrected chi connectivity index (χ2v) is 7.46. The van der Waals surface area contributed by atoms with Gasteiger partial charge in [-0.2, -0.15) is 0 Å². The van der Waals surface area contributed by atoms with E-state index in [1.165, 1.54) is 24.1 Å². The van der Waals surface area contributed by atoms with Crippen LogP contribution in [0.5, 0.6) is 0 Å². The molecular weight excluding hydrogens is 324 g/mol. The van der Waals surface area contributed by atoms with Crippen molar-refractivity contribution in [2.75, 3.05) is 20.1 Å². The molecule has 0 saturated carbocycles. The number of imidazole rings is 2. The fraction of sp³-hybridized carbons (Fsp3) is 0.500. The zero-order valence-electron chi connectivity index (χ0n) is 15.9. The van der Waals surface area contributed by atoms with Crippen LogP contribution in [0.1, 0.15) is 30.4 Å². The van der Waals surface area contributed by atoms with Gasteiger partial charge in [-0.25, -0.2) is 9.97 Å². The molecule has 3 aromatic rings. The molecule has 4 rings (SSSR count). The zero-order valence-corrected chi connectivity index (χ0v) is 15.9. The number of aromatic nitrogens is 4. The largest absolute Gasteiger partial charge is 0.336 e. The Hall–Kier alpha value is -2.18. The summed E-state index contributed by atoms with van der Waals surface area (Å²) in [7, 11) is 6.42. The molecule has 1 N–H and O–H groups in total. The van der Waals surface area contributed by atoms with Gasteiger partial charge in [-0.3, -0.25) is 4.90 Å². The SMILES string of the molecule is CN1CCC[C@@H](CNCc2nc3ccccc3n2C)[C@@H]1c1cncn1C. The van der Waals surface area contributed by atoms with Gasteiger partial charge in [-0.1, -0.05) is 12.1 Å². The number of hydrogen-bond donors (Lipinski definition) is 1. The lowest BCUT2D eigenvalue weighted by molar-refractivity contribution is 0.113. The first-order valence-electron chi connectivity index (χ1n) is 9.42. The van der Waals surface area contributed by atoms with Crippen LogP contribution in [0.2, 0.25) is 0 Å². The van der Waals surface area contributed by atoms with Gasteiger partial charge in [0.1, 0.15) is 5.82 Å². The predicted octanol–water partition coefficient (Wildman–Crippen LogP) is 2.48. The highest BCUT2D eigenvalue weighted by Crippen LogP contribution is 2.34. The van der Waals surface area contributed by atoms with Gasteiger partial charge in [0.15, 0.2) is 0 Å². The molecule has 0 unspecified atom stereocenters. The van der Waals surface area contributed by atoms with Crippen LogP contribution in [0.25, 0.3) is 11.0 Å². The lowest BCUT2D eigenvalue weighted by Crippen LogP contribution is -2.41. The maximum atomic E-state index is 4.77. The fourth-order valence-electron chi connectivity index (χ4n) is 4.32. The molecule has 1 fully saturated rings. The molecule has 26 heavy (non-hydrogen) atoms. The number of fused-ring (bicyclic) bond motifs is 1. The van der Waals surface area contributed by atoms with Crippen LogP contribution in [0, 0.1) is 5.92 Å². The Morgan fingerprint density at radius 1 is 1.19 bits per heavy atom. The maximum Gasteiger partial charge on any atom is 0.123 e. The number of hydrogen-bond acceptors (Lipinski definition) is 4. The van der Waals surface area contributed by atoms with E-state index in [0.29, 0.717) is 12.0 Å². The molecule has 2 atom stereocenters. The van der Waals surface area contributed by atoms with E-state index in [4.69, 9.17) is 4.98 Å². The first-order chi connectivity index (χ1) is 12.6. The van der Waals surface area contributed by atoms with Crippen molar-refractivity contribution in [3.05, 3.63) is 48.3 Å². The maximum absolute atomic E-state index is 4.77. The average Bonchev–Trinajstić information content (AvgIpc) is 3.19. The van der Waals surface area contributed by atoms with Crippen LogP contribution < -0.4 is 5.32 Å². The van der Waals surface area contributed by atoms with E-state index in [1.807, 2.05) is 18.6 Å². The number of piperidine rings is 1. The lowest BCUT2D eigenvalue weighted by Gasteiger charge is -2.39. The molecule has 1 saturated heterocycles. The number of aryl methyl sites for hydroxylation is 2. The Morgan fingerprint density at radius 2 is 2.04 bits per heavy atom. The Morgan fingerprint density at radius 3 is 2.81 bits per heavy atom. The third-order valence-corrected chi connectivity index (χ3v) is 5.73. The molecule has 6 nitrogen and oxygen atoms in total. The number of benzene rings is 1. The molecule has 138 valence electrons. The van der Waals surface area contributed by atoms with Gasteiger partial charge in [-0.15, -0.1) is 0 Å². The minimum absolute atomic E-state index is 0.421. The monoisotopic (exact) mass is 352 g/mol. The molecule has 0 spiro atoms. The summed E-state index contributed by atoms with van der Waals surface area (Å²) in [5, 5.41) is 3.67. The number of rotatable bonds is 5. The van der Waals surface area contributed by atoms with E-state index in [9.17, 15) is 0 Å². The highest BCUT2D eigenvalue weighted by molar-refractivity contribution is 5.75. The Balaban J connectivity index is 1.45. The minimum Gasteiger partial charge on any atom is -0.336 e. The van der Waals surface area contributed by atoms with Gasteiger partial charge in [0.05, 0.1) is 35.6 Å². The van der Waals surface area contributed by atoms with Crippen molar-refractivity contribution in [3.63, 3.8) is 0 Å². The van der Waals surface area contributed by atoms with E-state index in [1.54, 1.807) is 0 Å². The second-order valence-electron chi connectivity index (χ2n) is 7.46. The van der Waals surface area contributed by atoms with Gasteiger partial charge in [0.25, 0.3) is 0 Å². The van der Waals surface area contributed by atoms with Gasteiger partial charge < -0.3 is 14.5 Å². The molecule has 1 aliphatic heterocycles. The van der Waals surface area contributed by atoms with Crippen LogP contribution in [0.4, 0.5) is 0 Å². The van der Waals surface area contributed by atoms with Crippen LogP contribution >= 0.6 is 0 Å². The summed E-state index contributed by atoms with van der Waals surface area (Å²) >= 11 is 0. The smallest absolute Gasteiger partial charge is 0.123 e. The summed E-state index contributed by atoms with van der Waals surface area (Å²) in [4.78, 5) is 11.6. The van der Waals surface area contributed by atoms with Crippen molar-refractivity contribution in [1.29, 1.82) is 0 Å². The quantitative estimate of drug-likeness (QED) is 0.766. The molecule has 0 bridgehead atoms. The summed E-state index contributed by atoms with van der Waals surface area (Å²) in [6, 6.07) is 8.73. The zero-order chi connectivity index (χ0) is 18.1. The van der Waals surface area contributed by atoms with E-state index in [0.717, 1.165) is 31.0 Å². The summed E-state index contributed by atoms with van der Waals surface area (Å²) in [5.41, 5.74) is 3.56. The molecule has 1 aromatic carbocycles. The topological polar surface area (TPSA) is 50.9 Å². The molecule has 3 heterocycles. The Kier molecular flexibility index (Phi) is 4.78. The number of para-hydroxylation sites is 2. The highest BCUT2D eigenvalue weighted by atomic mass is 15.2. The van der Waals surface area contributed by atoms with E-state index in [2.05, 4.69) is 63.7 Å². The third-order valence-electron chi connectivity index (χ3n) is 5.73. The van der Waals surface area contributed by atoms with E-state index >= 15 is 0 Å². The molecule has 0 radical (unpaired) electrons. The summed E-state index contributed by atoms with van der Waals surface area (Å²) in [6.07, 6.45) is 6.42. The lowest BCUT2D eigenvalue weighted by atomic mass is 9.87.